The summed E-state index contributed by atoms with van der Waals surface area (Å²) in [5.74, 6) is -0.768. The molecule has 0 spiro atoms. The Kier molecular flexibility index (Phi) is 13.5. The number of aromatic nitrogens is 1. The molecule has 14 heteroatoms. The molecule has 1 aliphatic rings. The quantitative estimate of drug-likeness (QED) is 0.0975. The Morgan fingerprint density at radius 1 is 0.667 bits per heavy atom. The molecule has 238 valence electrons. The van der Waals surface area contributed by atoms with Crippen molar-refractivity contribution in [3.05, 3.63) is 150 Å². The summed E-state index contributed by atoms with van der Waals surface area (Å²) in [6.07, 6.45) is 0.459. The van der Waals surface area contributed by atoms with Gasteiger partial charge in [-0.15, -0.1) is 0 Å². The van der Waals surface area contributed by atoms with Crippen LogP contribution in [0.3, 0.4) is 0 Å². The molecule has 0 unspecified atom stereocenters. The summed E-state index contributed by atoms with van der Waals surface area (Å²) in [6, 6.07) is 33.2. The molecule has 6 rings (SSSR count). The van der Waals surface area contributed by atoms with Crippen molar-refractivity contribution < 1.29 is 98.2 Å². The van der Waals surface area contributed by atoms with Gasteiger partial charge in [0.25, 0.3) is 0 Å². The molecule has 0 saturated heterocycles. The predicted octanol–water partition coefficient (Wildman–Crippen LogP) is -0.845. The van der Waals surface area contributed by atoms with E-state index in [4.69, 9.17) is 13.1 Å². The van der Waals surface area contributed by atoms with E-state index < -0.39 is 45.0 Å². The van der Waals surface area contributed by atoms with Crippen molar-refractivity contribution in [2.24, 2.45) is 0 Å². The van der Waals surface area contributed by atoms with E-state index in [0.717, 1.165) is 16.5 Å². The third-order valence-electron chi connectivity index (χ3n) is 7.84. The number of fused-ring (bicyclic) bond motifs is 1. The summed E-state index contributed by atoms with van der Waals surface area (Å²) >= 11 is 0. The number of ether oxygens (including phenoxy) is 1. The molecule has 0 bridgehead atoms. The van der Waals surface area contributed by atoms with Gasteiger partial charge in [-0.3, -0.25) is 8.37 Å². The van der Waals surface area contributed by atoms with E-state index in [0.29, 0.717) is 23.1 Å². The zero-order valence-electron chi connectivity index (χ0n) is 26.3. The van der Waals surface area contributed by atoms with Crippen LogP contribution in [0, 0.1) is 0 Å². The van der Waals surface area contributed by atoms with Gasteiger partial charge in [0, 0.05) is 24.9 Å². The number of benzene rings is 4. The first-order chi connectivity index (χ1) is 22.0. The maximum absolute atomic E-state index is 12.2. The Bertz CT molecular complexity index is 2070. The monoisotopic (exact) mass is 705 g/mol. The van der Waals surface area contributed by atoms with E-state index in [1.165, 1.54) is 0 Å². The molecule has 1 aliphatic carbocycles. The van der Waals surface area contributed by atoms with Gasteiger partial charge in [-0.2, -0.15) is 0 Å². The van der Waals surface area contributed by atoms with Crippen LogP contribution >= 0.6 is 0 Å². The summed E-state index contributed by atoms with van der Waals surface area (Å²) in [6.45, 7) is 0.498. The van der Waals surface area contributed by atoms with Crippen molar-refractivity contribution in [1.29, 1.82) is 0 Å². The summed E-state index contributed by atoms with van der Waals surface area (Å²) in [5.41, 5.74) is 3.07. The van der Waals surface area contributed by atoms with E-state index in [2.05, 4.69) is 0 Å². The van der Waals surface area contributed by atoms with Crippen molar-refractivity contribution in [2.75, 3.05) is 0 Å². The number of hydrogen-bond donors (Lipinski definition) is 0. The third-order valence-corrected chi connectivity index (χ3v) is 8.75. The average Bonchev–Trinajstić information content (AvgIpc) is 3.49. The number of hydrogen-bond acceptors (Lipinski definition) is 9. The Morgan fingerprint density at radius 2 is 1.27 bits per heavy atom. The molecule has 0 amide bonds. The minimum Gasteiger partial charge on any atom is -0.726 e. The Balaban J connectivity index is 0.00000260. The first-order valence-corrected chi connectivity index (χ1v) is 17.0. The Hall–Kier alpha value is -2.14. The molecule has 10 nitrogen and oxygen atoms in total. The molecular formula is C34H29NNa2O9S2. The van der Waals surface area contributed by atoms with Crippen LogP contribution in [-0.2, 0) is 47.1 Å². The van der Waals surface area contributed by atoms with Crippen LogP contribution in [0.5, 0.6) is 0 Å². The smallest absolute Gasteiger partial charge is 0.726 e. The molecule has 4 atom stereocenters. The van der Waals surface area contributed by atoms with Gasteiger partial charge in [0.2, 0.25) is 20.8 Å². The third kappa shape index (κ3) is 9.76. The first kappa shape index (κ1) is 38.7. The van der Waals surface area contributed by atoms with Gasteiger partial charge in [0.1, 0.15) is 12.2 Å². The standard InChI is InChI=1S/C34H31NO9S2.2Na/c36-45(37,38)43-33-31(29-17-9-15-26-14-7-8-16-28(26)29)20-30(27-18-19-35(22-27)21-24-10-3-1-4-11-24)32(34(33)44-46(39,40)41)42-23-25-12-5-2-6-13-25;;/h1-20,22,30,32-34H,21,23H2,(H,36,37,38)(H,39,40,41);;/q;2*+1/p-2/t30-,32-,33-,34+;;/m1../s1. The second-order valence-electron chi connectivity index (χ2n) is 10.9. The van der Waals surface area contributed by atoms with Gasteiger partial charge in [-0.05, 0) is 44.7 Å². The predicted molar refractivity (Wildman–Crippen MR) is 169 cm³/mol. The SMILES string of the molecule is O=S(=O)([O-])O[C@H]1[C@H](OCc2ccccc2)[C@@H](c2ccn(Cc3ccccc3)c2)C=C(c2cccc3ccccc23)[C@H]1OS(=O)(=O)[O-].[Na+].[Na+]. The molecule has 48 heavy (non-hydrogen) atoms. The van der Waals surface area contributed by atoms with Crippen LogP contribution in [0.2, 0.25) is 0 Å². The van der Waals surface area contributed by atoms with Crippen molar-refractivity contribution in [3.63, 3.8) is 0 Å². The van der Waals surface area contributed by atoms with Crippen molar-refractivity contribution in [2.45, 2.75) is 37.4 Å². The average molecular weight is 706 g/mol. The summed E-state index contributed by atoms with van der Waals surface area (Å²) < 4.78 is 91.3. The van der Waals surface area contributed by atoms with E-state index >= 15 is 0 Å². The Labute approximate surface area is 324 Å². The van der Waals surface area contributed by atoms with Crippen molar-refractivity contribution >= 4 is 37.1 Å². The largest absolute Gasteiger partial charge is 1.00 e. The van der Waals surface area contributed by atoms with Crippen LogP contribution in [0.4, 0.5) is 0 Å². The second-order valence-corrected chi connectivity index (χ2v) is 13.0. The van der Waals surface area contributed by atoms with Crippen molar-refractivity contribution in [1.82, 2.24) is 4.57 Å². The molecule has 1 aromatic heterocycles. The van der Waals surface area contributed by atoms with Crippen LogP contribution < -0.4 is 59.1 Å². The summed E-state index contributed by atoms with van der Waals surface area (Å²) in [5, 5.41) is 1.48. The summed E-state index contributed by atoms with van der Waals surface area (Å²) in [7, 11) is -10.9. The summed E-state index contributed by atoms with van der Waals surface area (Å²) in [4.78, 5) is 0. The molecular weight excluding hydrogens is 676 g/mol. The first-order valence-electron chi connectivity index (χ1n) is 14.4. The minimum atomic E-state index is -5.46. The molecule has 0 fully saturated rings. The van der Waals surface area contributed by atoms with Crippen molar-refractivity contribution in [3.8, 4) is 0 Å². The van der Waals surface area contributed by atoms with E-state index in [-0.39, 0.29) is 71.3 Å². The molecule has 1 heterocycles. The minimum absolute atomic E-state index is 0. The molecule has 5 aromatic rings. The zero-order chi connectivity index (χ0) is 32.3. The molecule has 0 N–H and O–H groups in total. The van der Waals surface area contributed by atoms with E-state index in [1.54, 1.807) is 54.6 Å². The normalized spacial score (nSPS) is 19.6. The fraction of sp³-hybridized carbons (Fsp3) is 0.176. The van der Waals surface area contributed by atoms with Gasteiger partial charge in [-0.1, -0.05) is 109 Å². The molecule has 4 aromatic carbocycles. The number of rotatable bonds is 11. The molecule has 0 aliphatic heterocycles. The van der Waals surface area contributed by atoms with Gasteiger partial charge in [0.05, 0.1) is 12.7 Å². The topological polar surface area (TPSA) is 147 Å². The fourth-order valence-electron chi connectivity index (χ4n) is 5.93. The molecule has 0 radical (unpaired) electrons. The second kappa shape index (κ2) is 16.7. The zero-order valence-corrected chi connectivity index (χ0v) is 31.9. The molecule has 0 saturated carbocycles. The van der Waals surface area contributed by atoms with Gasteiger partial charge in [0.15, 0.2) is 0 Å². The maximum atomic E-state index is 12.2. The van der Waals surface area contributed by atoms with Crippen LogP contribution in [0.25, 0.3) is 16.3 Å². The van der Waals surface area contributed by atoms with Gasteiger partial charge in [-0.25, -0.2) is 16.8 Å². The van der Waals surface area contributed by atoms with Crippen LogP contribution in [-0.4, -0.2) is 48.8 Å². The number of nitrogens with zero attached hydrogens (tertiary/aromatic N) is 1. The van der Waals surface area contributed by atoms with Crippen LogP contribution in [0.1, 0.15) is 28.2 Å². The Morgan fingerprint density at radius 3 is 1.94 bits per heavy atom. The van der Waals surface area contributed by atoms with Gasteiger partial charge >= 0.3 is 59.1 Å². The maximum Gasteiger partial charge on any atom is 1.00 e. The van der Waals surface area contributed by atoms with Gasteiger partial charge < -0.3 is 18.4 Å². The van der Waals surface area contributed by atoms with E-state index in [1.807, 2.05) is 77.6 Å². The fourth-order valence-corrected chi connectivity index (χ4v) is 6.88. The van der Waals surface area contributed by atoms with E-state index in [9.17, 15) is 25.9 Å². The van der Waals surface area contributed by atoms with Crippen LogP contribution in [0.15, 0.2) is 128 Å².